The van der Waals surface area contributed by atoms with Crippen LogP contribution in [0.1, 0.15) is 16.1 Å². The number of aryl methyl sites for hydroxylation is 1. The molecule has 0 atom stereocenters. The van der Waals surface area contributed by atoms with Gasteiger partial charge in [0.25, 0.3) is 0 Å². The van der Waals surface area contributed by atoms with Gasteiger partial charge in [-0.25, -0.2) is 9.78 Å². The van der Waals surface area contributed by atoms with E-state index in [9.17, 15) is 4.79 Å². The van der Waals surface area contributed by atoms with Gasteiger partial charge in [0, 0.05) is 6.54 Å². The van der Waals surface area contributed by atoms with Crippen molar-refractivity contribution in [1.29, 1.82) is 0 Å². The lowest BCUT2D eigenvalue weighted by Gasteiger charge is -2.10. The molecule has 0 radical (unpaired) electrons. The Kier molecular flexibility index (Phi) is 5.76. The number of anilines is 1. The van der Waals surface area contributed by atoms with E-state index in [1.54, 1.807) is 6.92 Å². The molecule has 3 N–H and O–H groups in total. The predicted octanol–water partition coefficient (Wildman–Crippen LogP) is 0.557. The van der Waals surface area contributed by atoms with Crippen molar-refractivity contribution < 1.29 is 19.7 Å². The Morgan fingerprint density at radius 2 is 2.17 bits per heavy atom. The number of carbonyl (C=O) groups is 1. The zero-order chi connectivity index (χ0) is 13.5. The average Bonchev–Trinajstić information content (AvgIpc) is 2.27. The van der Waals surface area contributed by atoms with E-state index < -0.39 is 5.97 Å². The maximum Gasteiger partial charge on any atom is 0.341 e. The standard InChI is InChI=1S/C10H14ClN3O4/c1-6-7(9(16)17)8(14-10(11)13-6)12-2-4-18-5-3-15/h15H,2-5H2,1H3,(H,16,17)(H,12,13,14). The second-order valence-corrected chi connectivity index (χ2v) is 3.71. The first-order chi connectivity index (χ1) is 8.56. The first kappa shape index (κ1) is 14.6. The van der Waals surface area contributed by atoms with E-state index in [1.807, 2.05) is 0 Å². The molecular formula is C10H14ClN3O4. The molecule has 1 aromatic heterocycles. The van der Waals surface area contributed by atoms with Crippen molar-refractivity contribution in [2.75, 3.05) is 31.7 Å². The van der Waals surface area contributed by atoms with Crippen LogP contribution in [0.4, 0.5) is 5.82 Å². The molecule has 18 heavy (non-hydrogen) atoms. The SMILES string of the molecule is Cc1nc(Cl)nc(NCCOCCO)c1C(=O)O. The highest BCUT2D eigenvalue weighted by Gasteiger charge is 2.17. The minimum Gasteiger partial charge on any atom is -0.477 e. The monoisotopic (exact) mass is 275 g/mol. The third-order valence-electron chi connectivity index (χ3n) is 2.05. The lowest BCUT2D eigenvalue weighted by molar-refractivity contribution is 0.0696. The van der Waals surface area contributed by atoms with Crippen molar-refractivity contribution >= 4 is 23.4 Å². The van der Waals surface area contributed by atoms with E-state index in [-0.39, 0.29) is 29.9 Å². The molecule has 0 aromatic carbocycles. The van der Waals surface area contributed by atoms with E-state index in [4.69, 9.17) is 26.6 Å². The quantitative estimate of drug-likeness (QED) is 0.493. The van der Waals surface area contributed by atoms with Gasteiger partial charge in [0.15, 0.2) is 0 Å². The first-order valence-corrected chi connectivity index (χ1v) is 5.64. The van der Waals surface area contributed by atoms with E-state index in [2.05, 4.69) is 15.3 Å². The number of aromatic nitrogens is 2. The Morgan fingerprint density at radius 1 is 1.44 bits per heavy atom. The molecule has 0 bridgehead atoms. The smallest absolute Gasteiger partial charge is 0.341 e. The van der Waals surface area contributed by atoms with Gasteiger partial charge in [-0.05, 0) is 18.5 Å². The van der Waals surface area contributed by atoms with Gasteiger partial charge >= 0.3 is 5.97 Å². The fourth-order valence-electron chi connectivity index (χ4n) is 1.33. The Bertz CT molecular complexity index is 428. The highest BCUT2D eigenvalue weighted by molar-refractivity contribution is 6.28. The first-order valence-electron chi connectivity index (χ1n) is 5.26. The molecule has 0 fully saturated rings. The molecular weight excluding hydrogens is 262 g/mol. The molecule has 7 nitrogen and oxygen atoms in total. The summed E-state index contributed by atoms with van der Waals surface area (Å²) in [6, 6.07) is 0. The maximum absolute atomic E-state index is 11.1. The minimum atomic E-state index is -1.12. The largest absolute Gasteiger partial charge is 0.477 e. The summed E-state index contributed by atoms with van der Waals surface area (Å²) in [5, 5.41) is 20.4. The molecule has 1 aromatic rings. The molecule has 0 saturated carbocycles. The Hall–Kier alpha value is -1.44. The van der Waals surface area contributed by atoms with Gasteiger partial charge in [0.1, 0.15) is 11.4 Å². The van der Waals surface area contributed by atoms with E-state index >= 15 is 0 Å². The maximum atomic E-state index is 11.1. The number of carboxylic acid groups (broad SMARTS) is 1. The van der Waals surface area contributed by atoms with E-state index in [0.29, 0.717) is 18.8 Å². The number of aromatic carboxylic acids is 1. The summed E-state index contributed by atoms with van der Waals surface area (Å²) >= 11 is 5.67. The van der Waals surface area contributed by atoms with Crippen LogP contribution in [0, 0.1) is 6.92 Å². The number of carboxylic acids is 1. The fourth-order valence-corrected chi connectivity index (χ4v) is 1.54. The number of hydrogen-bond donors (Lipinski definition) is 3. The molecule has 0 saturated heterocycles. The second kappa shape index (κ2) is 7.10. The number of hydrogen-bond acceptors (Lipinski definition) is 6. The molecule has 0 spiro atoms. The molecule has 8 heteroatoms. The summed E-state index contributed by atoms with van der Waals surface area (Å²) in [6.07, 6.45) is 0. The summed E-state index contributed by atoms with van der Waals surface area (Å²) in [7, 11) is 0. The van der Waals surface area contributed by atoms with Crippen molar-refractivity contribution in [3.05, 3.63) is 16.5 Å². The second-order valence-electron chi connectivity index (χ2n) is 3.37. The minimum absolute atomic E-state index is 0.0124. The Morgan fingerprint density at radius 3 is 2.78 bits per heavy atom. The molecule has 1 rings (SSSR count). The predicted molar refractivity (Wildman–Crippen MR) is 65.1 cm³/mol. The highest BCUT2D eigenvalue weighted by atomic mass is 35.5. The molecule has 0 amide bonds. The molecule has 0 aliphatic carbocycles. The van der Waals surface area contributed by atoms with Crippen LogP contribution in [0.3, 0.4) is 0 Å². The van der Waals surface area contributed by atoms with Crippen LogP contribution in [-0.2, 0) is 4.74 Å². The van der Waals surface area contributed by atoms with Crippen LogP contribution in [-0.4, -0.2) is 52.5 Å². The van der Waals surface area contributed by atoms with E-state index in [0.717, 1.165) is 0 Å². The molecule has 0 unspecified atom stereocenters. The molecule has 1 heterocycles. The number of aliphatic hydroxyl groups is 1. The summed E-state index contributed by atoms with van der Waals surface area (Å²) < 4.78 is 5.03. The molecule has 100 valence electrons. The van der Waals surface area contributed by atoms with Crippen molar-refractivity contribution in [2.24, 2.45) is 0 Å². The van der Waals surface area contributed by atoms with Crippen LogP contribution in [0.2, 0.25) is 5.28 Å². The highest BCUT2D eigenvalue weighted by Crippen LogP contribution is 2.18. The Labute approximate surface area is 109 Å². The zero-order valence-electron chi connectivity index (χ0n) is 9.81. The molecule has 0 aliphatic rings. The number of rotatable bonds is 7. The Balaban J connectivity index is 2.71. The summed E-state index contributed by atoms with van der Waals surface area (Å²) in [5.41, 5.74) is 0.280. The molecule has 0 aliphatic heterocycles. The van der Waals surface area contributed by atoms with Crippen molar-refractivity contribution in [3.63, 3.8) is 0 Å². The van der Waals surface area contributed by atoms with Crippen molar-refractivity contribution in [1.82, 2.24) is 9.97 Å². The van der Waals surface area contributed by atoms with Crippen LogP contribution >= 0.6 is 11.6 Å². The number of ether oxygens (including phenoxy) is 1. The zero-order valence-corrected chi connectivity index (χ0v) is 10.6. The van der Waals surface area contributed by atoms with Gasteiger partial charge in [0.2, 0.25) is 5.28 Å². The van der Waals surface area contributed by atoms with Crippen molar-refractivity contribution in [3.8, 4) is 0 Å². The van der Waals surface area contributed by atoms with Gasteiger partial charge in [0.05, 0.1) is 25.5 Å². The third-order valence-corrected chi connectivity index (χ3v) is 2.22. The number of aliphatic hydroxyl groups excluding tert-OH is 1. The van der Waals surface area contributed by atoms with Gasteiger partial charge in [-0.15, -0.1) is 0 Å². The number of halogens is 1. The lowest BCUT2D eigenvalue weighted by Crippen LogP contribution is -2.16. The summed E-state index contributed by atoms with van der Waals surface area (Å²) in [6.45, 7) is 2.40. The summed E-state index contributed by atoms with van der Waals surface area (Å²) in [4.78, 5) is 18.7. The van der Waals surface area contributed by atoms with Crippen LogP contribution in [0.5, 0.6) is 0 Å². The topological polar surface area (TPSA) is 105 Å². The van der Waals surface area contributed by atoms with Gasteiger partial charge < -0.3 is 20.3 Å². The summed E-state index contributed by atoms with van der Waals surface area (Å²) in [5.74, 6) is -0.962. The van der Waals surface area contributed by atoms with Gasteiger partial charge in [-0.2, -0.15) is 4.98 Å². The van der Waals surface area contributed by atoms with Crippen LogP contribution in [0.15, 0.2) is 0 Å². The van der Waals surface area contributed by atoms with Gasteiger partial charge in [-0.3, -0.25) is 0 Å². The fraction of sp³-hybridized carbons (Fsp3) is 0.500. The number of nitrogens with one attached hydrogen (secondary N) is 1. The van der Waals surface area contributed by atoms with Crippen molar-refractivity contribution in [2.45, 2.75) is 6.92 Å². The number of nitrogens with zero attached hydrogens (tertiary/aromatic N) is 2. The van der Waals surface area contributed by atoms with E-state index in [1.165, 1.54) is 0 Å². The van der Waals surface area contributed by atoms with Crippen LogP contribution in [0.25, 0.3) is 0 Å². The lowest BCUT2D eigenvalue weighted by atomic mass is 10.2. The van der Waals surface area contributed by atoms with Crippen LogP contribution < -0.4 is 5.32 Å². The average molecular weight is 276 g/mol. The van der Waals surface area contributed by atoms with Gasteiger partial charge in [-0.1, -0.05) is 0 Å². The normalized spacial score (nSPS) is 10.4. The third kappa shape index (κ3) is 4.10.